The number of hydrogen-bond acceptors (Lipinski definition) is 2. The Bertz CT molecular complexity index is 135. The van der Waals surface area contributed by atoms with Gasteiger partial charge in [0.05, 0.1) is 0 Å². The molecule has 0 N–H and O–H groups in total. The molecule has 0 fully saturated rings. The molecule has 0 radical (unpaired) electrons. The Morgan fingerprint density at radius 1 is 1.00 bits per heavy atom. The molecular formula is C3H9O2Re. The molecule has 0 aromatic rings. The summed E-state index contributed by atoms with van der Waals surface area (Å²) in [6.45, 7) is 0. The molecule has 0 saturated carbocycles. The molecule has 0 aromatic heterocycles. The van der Waals surface area contributed by atoms with Crippen LogP contribution in [-0.4, -0.2) is 0 Å². The minimum absolute atomic E-state index is 1.30. The van der Waals surface area contributed by atoms with Gasteiger partial charge in [0.1, 0.15) is 0 Å². The Balaban J connectivity index is 4.69. The van der Waals surface area contributed by atoms with Crippen LogP contribution in [0.4, 0.5) is 0 Å². The summed E-state index contributed by atoms with van der Waals surface area (Å²) < 4.78 is 20.7. The molecule has 0 aliphatic rings. The van der Waals surface area contributed by atoms with Crippen molar-refractivity contribution in [2.75, 3.05) is 0 Å². The monoisotopic (exact) mass is 264 g/mol. The Hall–Kier alpha value is 0.262. The predicted octanol–water partition coefficient (Wildman–Crippen LogP) is 1.51. The molecule has 2 nitrogen and oxygen atoms in total. The van der Waals surface area contributed by atoms with Gasteiger partial charge in [-0.1, -0.05) is 0 Å². The Morgan fingerprint density at radius 3 is 1.00 bits per heavy atom. The van der Waals surface area contributed by atoms with Crippen LogP contribution < -0.4 is 0 Å². The number of hydrogen-bond donors (Lipinski definition) is 0. The van der Waals surface area contributed by atoms with Crippen LogP contribution in [0.15, 0.2) is 0 Å². The summed E-state index contributed by atoms with van der Waals surface area (Å²) >= 11 is -4.20. The zero-order valence-electron chi connectivity index (χ0n) is 4.19. The van der Waals surface area contributed by atoms with Gasteiger partial charge in [-0.3, -0.25) is 0 Å². The van der Waals surface area contributed by atoms with Crippen LogP contribution in [0.2, 0.25) is 16.2 Å². The van der Waals surface area contributed by atoms with Gasteiger partial charge in [0.2, 0.25) is 0 Å². The van der Waals surface area contributed by atoms with Crippen LogP contribution in [-0.2, 0) is 21.2 Å². The third kappa shape index (κ3) is 659. The van der Waals surface area contributed by atoms with Crippen molar-refractivity contribution in [2.45, 2.75) is 16.2 Å². The van der Waals surface area contributed by atoms with Crippen LogP contribution in [0.3, 0.4) is 0 Å². The molecule has 0 aliphatic carbocycles. The van der Waals surface area contributed by atoms with Gasteiger partial charge in [-0.05, 0) is 0 Å². The second-order valence-electron chi connectivity index (χ2n) is 2.12. The van der Waals surface area contributed by atoms with Crippen molar-refractivity contribution in [3.05, 3.63) is 0 Å². The maximum atomic E-state index is 10.3. The summed E-state index contributed by atoms with van der Waals surface area (Å²) in [7, 11) is 0. The molecule has 6 heavy (non-hydrogen) atoms. The third-order valence-electron chi connectivity index (χ3n) is 0. The average molecular weight is 263 g/mol. The zero-order chi connectivity index (χ0) is 5.45. The van der Waals surface area contributed by atoms with Gasteiger partial charge in [-0.25, -0.2) is 0 Å². The summed E-state index contributed by atoms with van der Waals surface area (Å²) in [5, 5.41) is 3.90. The standard InChI is InChI=1S/3CH3.2O.Re/h3*1H3;;;. The molecule has 0 aliphatic heterocycles. The van der Waals surface area contributed by atoms with Crippen LogP contribution in [0.5, 0.6) is 0 Å². The predicted molar refractivity (Wildman–Crippen MR) is 19.0 cm³/mol. The summed E-state index contributed by atoms with van der Waals surface area (Å²) in [5.41, 5.74) is 0. The van der Waals surface area contributed by atoms with Gasteiger partial charge in [0.15, 0.2) is 0 Å². The molecule has 40 valence electrons. The molecule has 0 amide bonds. The van der Waals surface area contributed by atoms with E-state index >= 15 is 0 Å². The Labute approximate surface area is 37.9 Å². The first-order valence-electron chi connectivity index (χ1n) is 1.44. The Morgan fingerprint density at radius 2 is 1.00 bits per heavy atom. The van der Waals surface area contributed by atoms with Crippen LogP contribution in [0.1, 0.15) is 0 Å². The van der Waals surface area contributed by atoms with E-state index < -0.39 is 14.2 Å². The number of rotatable bonds is 0. The molecule has 0 rings (SSSR count). The van der Waals surface area contributed by atoms with Crippen molar-refractivity contribution in [1.82, 2.24) is 0 Å². The molecule has 0 atom stereocenters. The maximum absolute atomic E-state index is 10.3. The molecule has 0 aromatic carbocycles. The van der Waals surface area contributed by atoms with Crippen LogP contribution >= 0.6 is 0 Å². The van der Waals surface area contributed by atoms with Crippen molar-refractivity contribution in [3.8, 4) is 0 Å². The van der Waals surface area contributed by atoms with Crippen molar-refractivity contribution < 1.29 is 21.2 Å². The van der Waals surface area contributed by atoms with E-state index in [0.717, 1.165) is 0 Å². The van der Waals surface area contributed by atoms with E-state index in [1.807, 2.05) is 0 Å². The summed E-state index contributed by atoms with van der Waals surface area (Å²) in [6, 6.07) is 0. The summed E-state index contributed by atoms with van der Waals surface area (Å²) in [5.74, 6) is 0. The van der Waals surface area contributed by atoms with Gasteiger partial charge in [-0.15, -0.1) is 0 Å². The molecule has 0 saturated heterocycles. The quantitative estimate of drug-likeness (QED) is 0.664. The molecular weight excluding hydrogens is 254 g/mol. The molecule has 3 heteroatoms. The normalized spacial score (nSPS) is 18.8. The summed E-state index contributed by atoms with van der Waals surface area (Å²) in [6.07, 6.45) is 0. The van der Waals surface area contributed by atoms with Crippen molar-refractivity contribution in [1.29, 1.82) is 0 Å². The fourth-order valence-electron chi connectivity index (χ4n) is 0. The van der Waals surface area contributed by atoms with E-state index in [1.54, 1.807) is 0 Å². The SMILES string of the molecule is [CH3][Re]([CH3])([CH3])(=[O])=[O]. The molecule has 0 bridgehead atoms. The fourth-order valence-corrected chi connectivity index (χ4v) is 0. The van der Waals surface area contributed by atoms with E-state index in [9.17, 15) is 6.94 Å². The molecule has 0 heterocycles. The topological polar surface area (TPSA) is 34.1 Å². The van der Waals surface area contributed by atoms with Gasteiger partial charge >= 0.3 is 37.4 Å². The zero-order valence-corrected chi connectivity index (χ0v) is 6.91. The minimum atomic E-state index is -4.20. The van der Waals surface area contributed by atoms with Crippen molar-refractivity contribution >= 4 is 0 Å². The average Bonchev–Trinajstić information content (AvgIpc) is 0.650. The van der Waals surface area contributed by atoms with Gasteiger partial charge in [0, 0.05) is 0 Å². The van der Waals surface area contributed by atoms with E-state index in [2.05, 4.69) is 0 Å². The van der Waals surface area contributed by atoms with Crippen LogP contribution in [0.25, 0.3) is 0 Å². The third-order valence-corrected chi connectivity index (χ3v) is 0. The first-order chi connectivity index (χ1) is 2.24. The second-order valence-corrected chi connectivity index (χ2v) is 17.4. The van der Waals surface area contributed by atoms with E-state index in [0.29, 0.717) is 0 Å². The van der Waals surface area contributed by atoms with E-state index in [1.165, 1.54) is 16.2 Å². The second kappa shape index (κ2) is 0.908. The fraction of sp³-hybridized carbons (Fsp3) is 1.00. The summed E-state index contributed by atoms with van der Waals surface area (Å²) in [4.78, 5) is 0. The van der Waals surface area contributed by atoms with E-state index in [-0.39, 0.29) is 0 Å². The van der Waals surface area contributed by atoms with Crippen molar-refractivity contribution in [3.63, 3.8) is 0 Å². The first-order valence-corrected chi connectivity index (χ1v) is 11.8. The molecule has 0 unspecified atom stereocenters. The first kappa shape index (κ1) is 6.26. The van der Waals surface area contributed by atoms with Gasteiger partial charge < -0.3 is 0 Å². The molecule has 0 spiro atoms. The Kier molecular flexibility index (Phi) is 0.947. The van der Waals surface area contributed by atoms with Crippen LogP contribution in [0, 0.1) is 0 Å². The van der Waals surface area contributed by atoms with E-state index in [4.69, 9.17) is 0 Å². The van der Waals surface area contributed by atoms with Crippen molar-refractivity contribution in [2.24, 2.45) is 0 Å². The van der Waals surface area contributed by atoms with Gasteiger partial charge in [-0.2, -0.15) is 0 Å². The van der Waals surface area contributed by atoms with Gasteiger partial charge in [0.25, 0.3) is 0 Å².